The van der Waals surface area contributed by atoms with E-state index >= 15 is 0 Å². The van der Waals surface area contributed by atoms with Crippen LogP contribution in [0, 0.1) is 5.82 Å². The van der Waals surface area contributed by atoms with E-state index in [0.717, 1.165) is 5.69 Å². The monoisotopic (exact) mass is 352 g/mol. The van der Waals surface area contributed by atoms with Crippen molar-refractivity contribution < 1.29 is 4.39 Å². The molecule has 0 fully saturated rings. The van der Waals surface area contributed by atoms with Crippen LogP contribution in [0.5, 0.6) is 0 Å². The van der Waals surface area contributed by atoms with E-state index in [1.807, 2.05) is 0 Å². The molecular weight excluding hydrogens is 343 g/mol. The van der Waals surface area contributed by atoms with Gasteiger partial charge in [-0.15, -0.1) is 0 Å². The van der Waals surface area contributed by atoms with Gasteiger partial charge >= 0.3 is 0 Å². The smallest absolute Gasteiger partial charge is 0.184 e. The summed E-state index contributed by atoms with van der Waals surface area (Å²) < 4.78 is 13.6. The Morgan fingerprint density at radius 1 is 0.920 bits per heavy atom. The van der Waals surface area contributed by atoms with Crippen molar-refractivity contribution >= 4 is 34.3 Å². The second-order valence-electron chi connectivity index (χ2n) is 5.11. The van der Waals surface area contributed by atoms with E-state index in [0.29, 0.717) is 27.6 Å². The predicted octanol–water partition coefficient (Wildman–Crippen LogP) is 4.02. The Morgan fingerprint density at radius 2 is 1.72 bits per heavy atom. The van der Waals surface area contributed by atoms with Crippen molar-refractivity contribution in [1.82, 2.24) is 24.9 Å². The van der Waals surface area contributed by atoms with Crippen LogP contribution in [0.3, 0.4) is 0 Å². The second kappa shape index (κ2) is 6.37. The van der Waals surface area contributed by atoms with Crippen molar-refractivity contribution in [3.8, 4) is 11.4 Å². The number of nitrogens with one attached hydrogen (secondary N) is 1. The van der Waals surface area contributed by atoms with Gasteiger partial charge in [0.1, 0.15) is 5.82 Å². The number of rotatable bonds is 3. The number of benzene rings is 1. The summed E-state index contributed by atoms with van der Waals surface area (Å²) in [7, 11) is 0. The standard InChI is InChI=1S/C17H10ClFN6/c18-13-2-1-10(19)9-12(13)15-24-16-14(21-7-8-22-16)17(25-15)23-11-3-5-20-6-4-11/h1-9H,(H,20,22,23,24,25). The highest BCUT2D eigenvalue weighted by Gasteiger charge is 2.14. The highest BCUT2D eigenvalue weighted by Crippen LogP contribution is 2.29. The summed E-state index contributed by atoms with van der Waals surface area (Å²) in [6, 6.07) is 7.61. The van der Waals surface area contributed by atoms with Crippen LogP contribution in [0.1, 0.15) is 0 Å². The van der Waals surface area contributed by atoms with E-state index in [9.17, 15) is 4.39 Å². The number of halogens is 2. The van der Waals surface area contributed by atoms with E-state index in [1.54, 1.807) is 30.7 Å². The van der Waals surface area contributed by atoms with Crippen LogP contribution in [0.4, 0.5) is 15.9 Å². The van der Waals surface area contributed by atoms with Crippen LogP contribution in [-0.2, 0) is 0 Å². The molecule has 4 rings (SSSR count). The van der Waals surface area contributed by atoms with Gasteiger partial charge in [0.15, 0.2) is 22.8 Å². The third-order valence-corrected chi connectivity index (χ3v) is 3.77. The quantitative estimate of drug-likeness (QED) is 0.600. The molecule has 0 spiro atoms. The maximum atomic E-state index is 13.6. The lowest BCUT2D eigenvalue weighted by atomic mass is 10.2. The summed E-state index contributed by atoms with van der Waals surface area (Å²) in [6.45, 7) is 0. The molecule has 0 radical (unpaired) electrons. The molecule has 4 aromatic rings. The molecule has 1 N–H and O–H groups in total. The number of anilines is 2. The van der Waals surface area contributed by atoms with Gasteiger partial charge in [-0.05, 0) is 30.3 Å². The van der Waals surface area contributed by atoms with Gasteiger partial charge in [0.2, 0.25) is 0 Å². The summed E-state index contributed by atoms with van der Waals surface area (Å²) in [5.74, 6) is 0.277. The van der Waals surface area contributed by atoms with Gasteiger partial charge in [-0.3, -0.25) is 4.98 Å². The molecule has 0 saturated heterocycles. The molecule has 1 aromatic carbocycles. The molecule has 0 aliphatic heterocycles. The van der Waals surface area contributed by atoms with Crippen LogP contribution in [-0.4, -0.2) is 24.9 Å². The summed E-state index contributed by atoms with van der Waals surface area (Å²) in [5.41, 5.74) is 2.03. The van der Waals surface area contributed by atoms with E-state index in [2.05, 4.69) is 30.2 Å². The topological polar surface area (TPSA) is 76.5 Å². The maximum absolute atomic E-state index is 13.6. The molecule has 0 bridgehead atoms. The summed E-state index contributed by atoms with van der Waals surface area (Å²) >= 11 is 6.18. The molecular formula is C17H10ClFN6. The lowest BCUT2D eigenvalue weighted by Gasteiger charge is -2.10. The minimum absolute atomic E-state index is 0.258. The number of pyridine rings is 1. The molecule has 25 heavy (non-hydrogen) atoms. The Balaban J connectivity index is 1.91. The van der Waals surface area contributed by atoms with Crippen molar-refractivity contribution in [2.75, 3.05) is 5.32 Å². The van der Waals surface area contributed by atoms with Crippen molar-refractivity contribution in [2.24, 2.45) is 0 Å². The average Bonchev–Trinajstić information content (AvgIpc) is 2.64. The SMILES string of the molecule is Fc1ccc(Cl)c(-c2nc(Nc3ccncc3)c3nccnc3n2)c1. The molecule has 0 atom stereocenters. The fourth-order valence-corrected chi connectivity index (χ4v) is 2.51. The third kappa shape index (κ3) is 3.09. The number of aromatic nitrogens is 5. The van der Waals surface area contributed by atoms with Gasteiger partial charge < -0.3 is 5.32 Å². The van der Waals surface area contributed by atoms with E-state index < -0.39 is 5.82 Å². The molecule has 3 heterocycles. The summed E-state index contributed by atoms with van der Waals surface area (Å²) in [6.07, 6.45) is 6.39. The van der Waals surface area contributed by atoms with Gasteiger partial charge in [0.05, 0.1) is 5.02 Å². The minimum atomic E-state index is -0.425. The summed E-state index contributed by atoms with van der Waals surface area (Å²) in [4.78, 5) is 21.3. The van der Waals surface area contributed by atoms with E-state index in [1.165, 1.54) is 24.4 Å². The minimum Gasteiger partial charge on any atom is -0.338 e. The maximum Gasteiger partial charge on any atom is 0.184 e. The lowest BCUT2D eigenvalue weighted by Crippen LogP contribution is -2.02. The van der Waals surface area contributed by atoms with Crippen molar-refractivity contribution in [3.05, 3.63) is 66.0 Å². The zero-order valence-corrected chi connectivity index (χ0v) is 13.4. The third-order valence-electron chi connectivity index (χ3n) is 3.45. The molecule has 0 aliphatic rings. The largest absolute Gasteiger partial charge is 0.338 e. The number of hydrogen-bond acceptors (Lipinski definition) is 6. The van der Waals surface area contributed by atoms with Crippen LogP contribution in [0.15, 0.2) is 55.1 Å². The van der Waals surface area contributed by atoms with E-state index in [4.69, 9.17) is 11.6 Å². The fraction of sp³-hybridized carbons (Fsp3) is 0. The van der Waals surface area contributed by atoms with Gasteiger partial charge in [-0.25, -0.2) is 24.3 Å². The fourth-order valence-electron chi connectivity index (χ4n) is 2.31. The Morgan fingerprint density at radius 3 is 2.56 bits per heavy atom. The van der Waals surface area contributed by atoms with Crippen LogP contribution < -0.4 is 5.32 Å². The van der Waals surface area contributed by atoms with Gasteiger partial charge in [-0.1, -0.05) is 11.6 Å². The lowest BCUT2D eigenvalue weighted by molar-refractivity contribution is 0.628. The number of hydrogen-bond donors (Lipinski definition) is 1. The van der Waals surface area contributed by atoms with Gasteiger partial charge in [-0.2, -0.15) is 0 Å². The van der Waals surface area contributed by atoms with Crippen molar-refractivity contribution in [3.63, 3.8) is 0 Å². The van der Waals surface area contributed by atoms with Gasteiger partial charge in [0, 0.05) is 36.0 Å². The molecule has 8 heteroatoms. The molecule has 122 valence electrons. The average molecular weight is 353 g/mol. The first-order valence-electron chi connectivity index (χ1n) is 7.32. The normalized spacial score (nSPS) is 10.8. The Bertz CT molecular complexity index is 1060. The Kier molecular flexibility index (Phi) is 3.91. The molecule has 0 saturated carbocycles. The zero-order valence-electron chi connectivity index (χ0n) is 12.7. The summed E-state index contributed by atoms with van der Waals surface area (Å²) in [5, 5.41) is 3.51. The molecule has 0 amide bonds. The van der Waals surface area contributed by atoms with Crippen molar-refractivity contribution in [1.29, 1.82) is 0 Å². The first-order chi connectivity index (χ1) is 12.2. The van der Waals surface area contributed by atoms with Crippen LogP contribution >= 0.6 is 11.6 Å². The van der Waals surface area contributed by atoms with Crippen LogP contribution in [0.2, 0.25) is 5.02 Å². The molecule has 3 aromatic heterocycles. The van der Waals surface area contributed by atoms with Crippen molar-refractivity contribution in [2.45, 2.75) is 0 Å². The second-order valence-corrected chi connectivity index (χ2v) is 5.52. The highest BCUT2D eigenvalue weighted by atomic mass is 35.5. The Labute approximate surface area is 146 Å². The number of fused-ring (bicyclic) bond motifs is 1. The van der Waals surface area contributed by atoms with Gasteiger partial charge in [0.25, 0.3) is 0 Å². The molecule has 6 nitrogen and oxygen atoms in total. The van der Waals surface area contributed by atoms with E-state index in [-0.39, 0.29) is 5.82 Å². The highest BCUT2D eigenvalue weighted by molar-refractivity contribution is 6.33. The molecule has 0 unspecified atom stereocenters. The number of nitrogens with zero attached hydrogens (tertiary/aromatic N) is 5. The van der Waals surface area contributed by atoms with Crippen LogP contribution in [0.25, 0.3) is 22.6 Å². The predicted molar refractivity (Wildman–Crippen MR) is 93.1 cm³/mol. The Hall–Kier alpha value is -3.19. The zero-order chi connectivity index (χ0) is 17.2. The molecule has 0 aliphatic carbocycles. The first-order valence-corrected chi connectivity index (χ1v) is 7.70. The first kappa shape index (κ1) is 15.3.